The molecule has 0 spiro atoms. The van der Waals surface area contributed by atoms with Crippen LogP contribution in [-0.2, 0) is 0 Å². The molecule has 4 rings (SSSR count). The number of piperazine rings is 1. The summed E-state index contributed by atoms with van der Waals surface area (Å²) < 4.78 is 0.974. The third-order valence-electron chi connectivity index (χ3n) is 5.05. The predicted octanol–water partition coefficient (Wildman–Crippen LogP) is 4.18. The zero-order chi connectivity index (χ0) is 19.5. The standard InChI is InChI=1S/C22H21BrN4O/c1-16-4-2-3-5-19(16)20-10-11-21(25-24-20)26-12-14-27(15-13-26)22(28)17-6-8-18(23)9-7-17/h2-11H,12-15H2,1H3. The van der Waals surface area contributed by atoms with E-state index in [9.17, 15) is 4.79 Å². The highest BCUT2D eigenvalue weighted by Crippen LogP contribution is 2.22. The number of nitrogens with zero attached hydrogens (tertiary/aromatic N) is 4. The Balaban J connectivity index is 1.40. The van der Waals surface area contributed by atoms with Gasteiger partial charge in [-0.3, -0.25) is 4.79 Å². The Labute approximate surface area is 173 Å². The molecule has 0 aliphatic carbocycles. The quantitative estimate of drug-likeness (QED) is 0.617. The molecule has 142 valence electrons. The third-order valence-corrected chi connectivity index (χ3v) is 5.58. The number of aryl methyl sites for hydroxylation is 1. The van der Waals surface area contributed by atoms with Gasteiger partial charge in [0.15, 0.2) is 5.82 Å². The minimum absolute atomic E-state index is 0.0770. The van der Waals surface area contributed by atoms with Crippen LogP contribution in [0.3, 0.4) is 0 Å². The van der Waals surface area contributed by atoms with Crippen LogP contribution in [0.25, 0.3) is 11.3 Å². The van der Waals surface area contributed by atoms with Crippen LogP contribution < -0.4 is 4.90 Å². The molecule has 5 nitrogen and oxygen atoms in total. The summed E-state index contributed by atoms with van der Waals surface area (Å²) in [5.41, 5.74) is 3.89. The van der Waals surface area contributed by atoms with Gasteiger partial charge in [0, 0.05) is 41.8 Å². The second-order valence-electron chi connectivity index (χ2n) is 6.88. The predicted molar refractivity (Wildman–Crippen MR) is 114 cm³/mol. The van der Waals surface area contributed by atoms with E-state index in [0.29, 0.717) is 13.1 Å². The maximum Gasteiger partial charge on any atom is 0.253 e. The number of carbonyl (C=O) groups is 1. The number of hydrogen-bond donors (Lipinski definition) is 0. The van der Waals surface area contributed by atoms with Crippen molar-refractivity contribution < 1.29 is 4.79 Å². The van der Waals surface area contributed by atoms with Crippen LogP contribution in [0.15, 0.2) is 65.1 Å². The van der Waals surface area contributed by atoms with Gasteiger partial charge in [0.1, 0.15) is 0 Å². The van der Waals surface area contributed by atoms with E-state index in [-0.39, 0.29) is 5.91 Å². The summed E-state index contributed by atoms with van der Waals surface area (Å²) in [5, 5.41) is 8.84. The molecule has 0 bridgehead atoms. The van der Waals surface area contributed by atoms with Crippen LogP contribution >= 0.6 is 15.9 Å². The normalized spacial score (nSPS) is 14.2. The van der Waals surface area contributed by atoms with Gasteiger partial charge >= 0.3 is 0 Å². The van der Waals surface area contributed by atoms with Gasteiger partial charge in [0.2, 0.25) is 0 Å². The molecule has 3 aromatic rings. The molecule has 6 heteroatoms. The first kappa shape index (κ1) is 18.6. The number of halogens is 1. The second-order valence-corrected chi connectivity index (χ2v) is 7.79. The van der Waals surface area contributed by atoms with Crippen LogP contribution in [0.5, 0.6) is 0 Å². The average molecular weight is 437 g/mol. The Bertz CT molecular complexity index is 965. The lowest BCUT2D eigenvalue weighted by molar-refractivity contribution is 0.0746. The van der Waals surface area contributed by atoms with Crippen LogP contribution in [0.4, 0.5) is 5.82 Å². The molecule has 2 heterocycles. The molecule has 2 aromatic carbocycles. The molecule has 0 saturated carbocycles. The largest absolute Gasteiger partial charge is 0.352 e. The number of rotatable bonds is 3. The number of aromatic nitrogens is 2. The number of hydrogen-bond acceptors (Lipinski definition) is 4. The Morgan fingerprint density at radius 3 is 2.25 bits per heavy atom. The molecule has 1 amide bonds. The van der Waals surface area contributed by atoms with Crippen molar-refractivity contribution in [2.45, 2.75) is 6.92 Å². The summed E-state index contributed by atoms with van der Waals surface area (Å²) >= 11 is 3.40. The molecule has 0 N–H and O–H groups in total. The Morgan fingerprint density at radius 2 is 1.61 bits per heavy atom. The highest BCUT2D eigenvalue weighted by atomic mass is 79.9. The smallest absolute Gasteiger partial charge is 0.253 e. The van der Waals surface area contributed by atoms with Crippen molar-refractivity contribution in [3.63, 3.8) is 0 Å². The van der Waals surface area contributed by atoms with E-state index >= 15 is 0 Å². The van der Waals surface area contributed by atoms with Gasteiger partial charge in [-0.1, -0.05) is 40.2 Å². The topological polar surface area (TPSA) is 49.3 Å². The lowest BCUT2D eigenvalue weighted by Gasteiger charge is -2.35. The van der Waals surface area contributed by atoms with E-state index in [4.69, 9.17) is 0 Å². The van der Waals surface area contributed by atoms with E-state index in [0.717, 1.165) is 40.2 Å². The second kappa shape index (κ2) is 8.10. The van der Waals surface area contributed by atoms with Gasteiger partial charge in [0.25, 0.3) is 5.91 Å². The lowest BCUT2D eigenvalue weighted by Crippen LogP contribution is -2.49. The van der Waals surface area contributed by atoms with Crippen molar-refractivity contribution in [1.29, 1.82) is 0 Å². The minimum atomic E-state index is 0.0770. The molecule has 1 fully saturated rings. The summed E-state index contributed by atoms with van der Waals surface area (Å²) in [6.07, 6.45) is 0. The maximum atomic E-state index is 12.7. The first-order valence-corrected chi connectivity index (χ1v) is 10.1. The van der Waals surface area contributed by atoms with Crippen molar-refractivity contribution >= 4 is 27.7 Å². The van der Waals surface area contributed by atoms with Gasteiger partial charge in [-0.25, -0.2) is 0 Å². The monoisotopic (exact) mass is 436 g/mol. The zero-order valence-corrected chi connectivity index (χ0v) is 17.3. The highest BCUT2D eigenvalue weighted by Gasteiger charge is 2.23. The van der Waals surface area contributed by atoms with Crippen molar-refractivity contribution in [3.8, 4) is 11.3 Å². The fraction of sp³-hybridized carbons (Fsp3) is 0.227. The van der Waals surface area contributed by atoms with Gasteiger partial charge < -0.3 is 9.80 Å². The Morgan fingerprint density at radius 1 is 0.893 bits per heavy atom. The lowest BCUT2D eigenvalue weighted by atomic mass is 10.1. The molecule has 1 saturated heterocycles. The minimum Gasteiger partial charge on any atom is -0.352 e. The zero-order valence-electron chi connectivity index (χ0n) is 15.7. The third kappa shape index (κ3) is 3.92. The first-order valence-electron chi connectivity index (χ1n) is 9.31. The van der Waals surface area contributed by atoms with Crippen molar-refractivity contribution in [1.82, 2.24) is 15.1 Å². The van der Waals surface area contributed by atoms with E-state index in [1.165, 1.54) is 5.56 Å². The van der Waals surface area contributed by atoms with Crippen molar-refractivity contribution in [2.24, 2.45) is 0 Å². The molecular weight excluding hydrogens is 416 g/mol. The van der Waals surface area contributed by atoms with E-state index in [2.05, 4.69) is 50.1 Å². The summed E-state index contributed by atoms with van der Waals surface area (Å²) in [6.45, 7) is 4.93. The first-order chi connectivity index (χ1) is 13.6. The molecule has 1 aliphatic heterocycles. The van der Waals surface area contributed by atoms with Crippen LogP contribution in [-0.4, -0.2) is 47.2 Å². The SMILES string of the molecule is Cc1ccccc1-c1ccc(N2CCN(C(=O)c3ccc(Br)cc3)CC2)nn1. The number of carbonyl (C=O) groups excluding carboxylic acids is 1. The van der Waals surface area contributed by atoms with E-state index < -0.39 is 0 Å². The Hall–Kier alpha value is -2.73. The molecule has 0 radical (unpaired) electrons. The average Bonchev–Trinajstić information content (AvgIpc) is 2.74. The molecule has 0 unspecified atom stereocenters. The number of amides is 1. The van der Waals surface area contributed by atoms with Crippen LogP contribution in [0.1, 0.15) is 15.9 Å². The fourth-order valence-electron chi connectivity index (χ4n) is 3.41. The van der Waals surface area contributed by atoms with Gasteiger partial charge in [-0.2, -0.15) is 0 Å². The molecule has 28 heavy (non-hydrogen) atoms. The summed E-state index contributed by atoms with van der Waals surface area (Å²) in [6, 6.07) is 19.7. The van der Waals surface area contributed by atoms with Crippen LogP contribution in [0, 0.1) is 6.92 Å². The van der Waals surface area contributed by atoms with E-state index in [1.54, 1.807) is 0 Å². The molecular formula is C22H21BrN4O. The van der Waals surface area contributed by atoms with E-state index in [1.807, 2.05) is 53.4 Å². The molecule has 1 aromatic heterocycles. The molecule has 0 atom stereocenters. The van der Waals surface area contributed by atoms with Gasteiger partial charge in [-0.05, 0) is 48.9 Å². The summed E-state index contributed by atoms with van der Waals surface area (Å²) in [5.74, 6) is 0.932. The molecule has 1 aliphatic rings. The summed E-state index contributed by atoms with van der Waals surface area (Å²) in [7, 11) is 0. The Kier molecular flexibility index (Phi) is 5.39. The summed E-state index contributed by atoms with van der Waals surface area (Å²) in [4.78, 5) is 16.7. The van der Waals surface area contributed by atoms with Crippen molar-refractivity contribution in [2.75, 3.05) is 31.1 Å². The van der Waals surface area contributed by atoms with Gasteiger partial charge in [0.05, 0.1) is 5.69 Å². The van der Waals surface area contributed by atoms with Crippen LogP contribution in [0.2, 0.25) is 0 Å². The number of benzene rings is 2. The fourth-order valence-corrected chi connectivity index (χ4v) is 3.68. The van der Waals surface area contributed by atoms with Crippen molar-refractivity contribution in [3.05, 3.63) is 76.3 Å². The van der Waals surface area contributed by atoms with Gasteiger partial charge in [-0.15, -0.1) is 10.2 Å². The highest BCUT2D eigenvalue weighted by molar-refractivity contribution is 9.10. The maximum absolute atomic E-state index is 12.7. The number of anilines is 1.